The second kappa shape index (κ2) is 6.31. The van der Waals surface area contributed by atoms with E-state index >= 15 is 0 Å². The fraction of sp³-hybridized carbons (Fsp3) is 0.429. The summed E-state index contributed by atoms with van der Waals surface area (Å²) in [6.45, 7) is 4.02. The van der Waals surface area contributed by atoms with Gasteiger partial charge in [0.2, 0.25) is 0 Å². The Bertz CT molecular complexity index is 562. The fourth-order valence-electron chi connectivity index (χ4n) is 1.97. The molecule has 2 aromatic rings. The number of rotatable bonds is 6. The lowest BCUT2D eigenvalue weighted by atomic mass is 10.1. The quantitative estimate of drug-likeness (QED) is 0.767. The van der Waals surface area contributed by atoms with Crippen LogP contribution in [0, 0.1) is 0 Å². The minimum atomic E-state index is -0.170. The molecule has 18 heavy (non-hydrogen) atoms. The highest BCUT2D eigenvalue weighted by molar-refractivity contribution is 5.77. The van der Waals surface area contributed by atoms with Crippen LogP contribution >= 0.6 is 0 Å². The maximum Gasteiger partial charge on any atom is 0.280 e. The molecule has 1 heterocycles. The van der Waals surface area contributed by atoms with Gasteiger partial charge in [-0.3, -0.25) is 4.79 Å². The zero-order valence-corrected chi connectivity index (χ0v) is 10.7. The SMILES string of the molecule is CCCCCNCc1ccc2[nH]cnc(=O)c2c1. The largest absolute Gasteiger partial charge is 0.346 e. The van der Waals surface area contributed by atoms with Crippen LogP contribution in [0.1, 0.15) is 31.7 Å². The molecule has 0 aliphatic rings. The average molecular weight is 245 g/mol. The second-order valence-electron chi connectivity index (χ2n) is 4.47. The molecule has 0 amide bonds. The highest BCUT2D eigenvalue weighted by Gasteiger charge is 2.00. The normalized spacial score (nSPS) is 10.9. The summed E-state index contributed by atoms with van der Waals surface area (Å²) in [6, 6.07) is 5.88. The van der Waals surface area contributed by atoms with Gasteiger partial charge in [-0.1, -0.05) is 25.8 Å². The van der Waals surface area contributed by atoms with Crippen molar-refractivity contribution in [1.29, 1.82) is 0 Å². The van der Waals surface area contributed by atoms with E-state index in [0.29, 0.717) is 5.39 Å². The van der Waals surface area contributed by atoms with Crippen molar-refractivity contribution in [2.45, 2.75) is 32.7 Å². The van der Waals surface area contributed by atoms with Crippen LogP contribution in [0.25, 0.3) is 10.9 Å². The van der Waals surface area contributed by atoms with E-state index in [9.17, 15) is 4.79 Å². The number of aromatic amines is 1. The third kappa shape index (κ3) is 3.17. The molecule has 0 saturated carbocycles. The van der Waals surface area contributed by atoms with E-state index in [1.807, 2.05) is 18.2 Å². The van der Waals surface area contributed by atoms with Gasteiger partial charge < -0.3 is 10.3 Å². The Labute approximate surface area is 106 Å². The maximum atomic E-state index is 11.6. The molecule has 2 N–H and O–H groups in total. The second-order valence-corrected chi connectivity index (χ2v) is 4.47. The van der Waals surface area contributed by atoms with Crippen molar-refractivity contribution < 1.29 is 0 Å². The molecular formula is C14H19N3O. The van der Waals surface area contributed by atoms with Gasteiger partial charge in [-0.05, 0) is 30.7 Å². The highest BCUT2D eigenvalue weighted by atomic mass is 16.1. The van der Waals surface area contributed by atoms with Crippen LogP contribution in [-0.4, -0.2) is 16.5 Å². The zero-order chi connectivity index (χ0) is 12.8. The van der Waals surface area contributed by atoms with Crippen LogP contribution in [0.5, 0.6) is 0 Å². The van der Waals surface area contributed by atoms with Gasteiger partial charge in [-0.2, -0.15) is 4.98 Å². The Hall–Kier alpha value is -1.68. The number of aromatic nitrogens is 2. The summed E-state index contributed by atoms with van der Waals surface area (Å²) in [5, 5.41) is 4.05. The molecule has 0 bridgehead atoms. The Morgan fingerprint density at radius 3 is 3.06 bits per heavy atom. The van der Waals surface area contributed by atoms with Gasteiger partial charge in [-0.25, -0.2) is 0 Å². The average Bonchev–Trinajstić information content (AvgIpc) is 2.39. The van der Waals surface area contributed by atoms with Gasteiger partial charge in [0.25, 0.3) is 5.56 Å². The number of H-pyrrole nitrogens is 1. The minimum absolute atomic E-state index is 0.170. The number of hydrogen-bond donors (Lipinski definition) is 2. The predicted octanol–water partition coefficient (Wildman–Crippen LogP) is 2.20. The van der Waals surface area contributed by atoms with E-state index in [1.165, 1.54) is 25.6 Å². The van der Waals surface area contributed by atoms with Crippen molar-refractivity contribution in [3.8, 4) is 0 Å². The lowest BCUT2D eigenvalue weighted by Crippen LogP contribution is -2.15. The molecule has 0 aliphatic heterocycles. The van der Waals surface area contributed by atoms with Crippen molar-refractivity contribution in [1.82, 2.24) is 15.3 Å². The van der Waals surface area contributed by atoms with Crippen molar-refractivity contribution >= 4 is 10.9 Å². The molecule has 0 saturated heterocycles. The summed E-state index contributed by atoms with van der Waals surface area (Å²) in [5.41, 5.74) is 1.79. The standard InChI is InChI=1S/C14H19N3O/c1-2-3-4-7-15-9-11-5-6-13-12(8-11)14(18)17-10-16-13/h5-6,8,10,15H,2-4,7,9H2,1H3,(H,16,17,18). The van der Waals surface area contributed by atoms with E-state index in [0.717, 1.165) is 24.2 Å². The van der Waals surface area contributed by atoms with Crippen LogP contribution in [-0.2, 0) is 6.54 Å². The number of hydrogen-bond acceptors (Lipinski definition) is 3. The van der Waals surface area contributed by atoms with E-state index in [2.05, 4.69) is 22.2 Å². The molecule has 0 unspecified atom stereocenters. The molecule has 0 atom stereocenters. The highest BCUT2D eigenvalue weighted by Crippen LogP contribution is 2.09. The molecule has 0 radical (unpaired) electrons. The molecule has 96 valence electrons. The van der Waals surface area contributed by atoms with Crippen LogP contribution in [0.3, 0.4) is 0 Å². The van der Waals surface area contributed by atoms with Crippen LogP contribution in [0.15, 0.2) is 29.3 Å². The molecule has 4 nitrogen and oxygen atoms in total. The summed E-state index contributed by atoms with van der Waals surface area (Å²) in [6.07, 6.45) is 5.13. The van der Waals surface area contributed by atoms with Crippen molar-refractivity contribution in [3.63, 3.8) is 0 Å². The Balaban J connectivity index is 2.01. The van der Waals surface area contributed by atoms with Crippen molar-refractivity contribution in [2.75, 3.05) is 6.54 Å². The Morgan fingerprint density at radius 1 is 1.33 bits per heavy atom. The molecule has 0 fully saturated rings. The first-order valence-corrected chi connectivity index (χ1v) is 6.48. The molecule has 2 rings (SSSR count). The third-order valence-electron chi connectivity index (χ3n) is 3.00. The first-order valence-electron chi connectivity index (χ1n) is 6.48. The van der Waals surface area contributed by atoms with Gasteiger partial charge in [0.05, 0.1) is 17.2 Å². The first kappa shape index (κ1) is 12.8. The van der Waals surface area contributed by atoms with Crippen LogP contribution < -0.4 is 10.9 Å². The van der Waals surface area contributed by atoms with E-state index in [1.54, 1.807) is 0 Å². The number of benzene rings is 1. The summed E-state index contributed by atoms with van der Waals surface area (Å²) in [5.74, 6) is 0. The molecule has 1 aromatic carbocycles. The molecule has 1 aromatic heterocycles. The number of unbranched alkanes of at least 4 members (excludes halogenated alkanes) is 2. The Morgan fingerprint density at radius 2 is 2.22 bits per heavy atom. The smallest absolute Gasteiger partial charge is 0.280 e. The summed E-state index contributed by atoms with van der Waals surface area (Å²) >= 11 is 0. The molecular weight excluding hydrogens is 226 g/mol. The third-order valence-corrected chi connectivity index (χ3v) is 3.00. The first-order chi connectivity index (χ1) is 8.81. The van der Waals surface area contributed by atoms with E-state index in [-0.39, 0.29) is 5.56 Å². The monoisotopic (exact) mass is 245 g/mol. The number of fused-ring (bicyclic) bond motifs is 1. The minimum Gasteiger partial charge on any atom is -0.346 e. The Kier molecular flexibility index (Phi) is 4.47. The summed E-state index contributed by atoms with van der Waals surface area (Å²) in [7, 11) is 0. The summed E-state index contributed by atoms with van der Waals surface area (Å²) < 4.78 is 0. The van der Waals surface area contributed by atoms with Gasteiger partial charge in [0.15, 0.2) is 0 Å². The van der Waals surface area contributed by atoms with Crippen LogP contribution in [0.2, 0.25) is 0 Å². The van der Waals surface area contributed by atoms with Gasteiger partial charge in [0.1, 0.15) is 0 Å². The molecule has 0 aliphatic carbocycles. The van der Waals surface area contributed by atoms with Crippen molar-refractivity contribution in [2.24, 2.45) is 0 Å². The number of nitrogens with one attached hydrogen (secondary N) is 2. The topological polar surface area (TPSA) is 57.8 Å². The van der Waals surface area contributed by atoms with E-state index < -0.39 is 0 Å². The number of nitrogens with zero attached hydrogens (tertiary/aromatic N) is 1. The molecule has 0 spiro atoms. The predicted molar refractivity (Wildman–Crippen MR) is 73.6 cm³/mol. The fourth-order valence-corrected chi connectivity index (χ4v) is 1.97. The van der Waals surface area contributed by atoms with Gasteiger partial charge in [0, 0.05) is 6.54 Å². The lowest BCUT2D eigenvalue weighted by molar-refractivity contribution is 0.617. The summed E-state index contributed by atoms with van der Waals surface area (Å²) in [4.78, 5) is 18.3. The van der Waals surface area contributed by atoms with Crippen LogP contribution in [0.4, 0.5) is 0 Å². The van der Waals surface area contributed by atoms with Gasteiger partial charge in [-0.15, -0.1) is 0 Å². The van der Waals surface area contributed by atoms with Gasteiger partial charge >= 0.3 is 0 Å². The lowest BCUT2D eigenvalue weighted by Gasteiger charge is -2.05. The molecule has 4 heteroatoms. The zero-order valence-electron chi connectivity index (χ0n) is 10.7. The van der Waals surface area contributed by atoms with Crippen molar-refractivity contribution in [3.05, 3.63) is 40.4 Å². The maximum absolute atomic E-state index is 11.6. The van der Waals surface area contributed by atoms with E-state index in [4.69, 9.17) is 0 Å².